The molecule has 0 atom stereocenters. The van der Waals surface area contributed by atoms with Gasteiger partial charge < -0.3 is 5.11 Å². The van der Waals surface area contributed by atoms with Crippen LogP contribution in [0.15, 0.2) is 12.1 Å². The van der Waals surface area contributed by atoms with Crippen LogP contribution < -0.4 is 0 Å². The molecule has 0 aromatic heterocycles. The van der Waals surface area contributed by atoms with E-state index in [-0.39, 0.29) is 0 Å². The van der Waals surface area contributed by atoms with Gasteiger partial charge in [0.15, 0.2) is 0 Å². The zero-order valence-electron chi connectivity index (χ0n) is 11.3. The highest BCUT2D eigenvalue weighted by Crippen LogP contribution is 2.51. The van der Waals surface area contributed by atoms with Crippen LogP contribution in [0, 0.1) is 12.3 Å². The number of phenols is 1. The third kappa shape index (κ3) is 2.08. The number of hydrogen-bond donors (Lipinski definition) is 1. The molecule has 3 rings (SSSR count). The Bertz CT molecular complexity index is 367. The minimum absolute atomic E-state index is 0.520. The normalized spacial score (nSPS) is 19.9. The Labute approximate surface area is 105 Å². The standard InChI is InChI=1S/C14H18O.C2H6/c1-10-4-5-13(15)12-9-14(8-11(10)12)6-2-3-7-14;1-2/h4-5,15H,2-3,6-9H2,1H3;1-2H3. The summed E-state index contributed by atoms with van der Waals surface area (Å²) >= 11 is 0. The molecule has 1 saturated carbocycles. The van der Waals surface area contributed by atoms with Gasteiger partial charge in [0.2, 0.25) is 0 Å². The van der Waals surface area contributed by atoms with Crippen LogP contribution in [0.5, 0.6) is 5.75 Å². The van der Waals surface area contributed by atoms with E-state index < -0.39 is 0 Å². The molecule has 0 saturated heterocycles. The van der Waals surface area contributed by atoms with E-state index >= 15 is 0 Å². The van der Waals surface area contributed by atoms with Gasteiger partial charge in [-0.2, -0.15) is 0 Å². The van der Waals surface area contributed by atoms with E-state index in [1.165, 1.54) is 48.8 Å². The molecular formula is C16H24O. The fraction of sp³-hybridized carbons (Fsp3) is 0.625. The highest BCUT2D eigenvalue weighted by molar-refractivity contribution is 5.48. The number of aromatic hydroxyl groups is 1. The van der Waals surface area contributed by atoms with Gasteiger partial charge in [-0.1, -0.05) is 32.8 Å². The van der Waals surface area contributed by atoms with Gasteiger partial charge in [-0.25, -0.2) is 0 Å². The Balaban J connectivity index is 0.000000514. The lowest BCUT2D eigenvalue weighted by molar-refractivity contribution is 0.315. The Morgan fingerprint density at radius 3 is 2.18 bits per heavy atom. The van der Waals surface area contributed by atoms with Crippen molar-refractivity contribution < 1.29 is 5.11 Å². The molecule has 1 spiro atoms. The van der Waals surface area contributed by atoms with Gasteiger partial charge in [0.05, 0.1) is 0 Å². The van der Waals surface area contributed by atoms with E-state index in [4.69, 9.17) is 0 Å². The third-order valence-electron chi connectivity index (χ3n) is 4.41. The Morgan fingerprint density at radius 2 is 1.59 bits per heavy atom. The summed E-state index contributed by atoms with van der Waals surface area (Å²) < 4.78 is 0. The van der Waals surface area contributed by atoms with Gasteiger partial charge in [0.25, 0.3) is 0 Å². The van der Waals surface area contributed by atoms with Gasteiger partial charge in [-0.3, -0.25) is 0 Å². The van der Waals surface area contributed by atoms with E-state index in [1.54, 1.807) is 0 Å². The maximum absolute atomic E-state index is 9.90. The lowest BCUT2D eigenvalue weighted by atomic mass is 9.83. The zero-order valence-corrected chi connectivity index (χ0v) is 11.3. The second-order valence-corrected chi connectivity index (χ2v) is 5.42. The zero-order chi connectivity index (χ0) is 12.5. The Kier molecular flexibility index (Phi) is 3.46. The quantitative estimate of drug-likeness (QED) is 0.703. The molecule has 1 aromatic carbocycles. The van der Waals surface area contributed by atoms with Crippen LogP contribution in [-0.4, -0.2) is 5.11 Å². The van der Waals surface area contributed by atoms with Crippen LogP contribution in [0.4, 0.5) is 0 Å². The van der Waals surface area contributed by atoms with E-state index in [0.29, 0.717) is 11.2 Å². The summed E-state index contributed by atoms with van der Waals surface area (Å²) in [5.41, 5.74) is 4.58. The van der Waals surface area contributed by atoms with Crippen LogP contribution >= 0.6 is 0 Å². The molecule has 17 heavy (non-hydrogen) atoms. The largest absolute Gasteiger partial charge is 0.508 e. The van der Waals surface area contributed by atoms with Crippen molar-refractivity contribution in [3.63, 3.8) is 0 Å². The van der Waals surface area contributed by atoms with Crippen molar-refractivity contribution in [1.82, 2.24) is 0 Å². The minimum Gasteiger partial charge on any atom is -0.508 e. The molecule has 1 aromatic rings. The molecule has 0 unspecified atom stereocenters. The molecule has 1 heteroatoms. The number of phenolic OH excluding ortho intramolecular Hbond substituents is 1. The van der Waals surface area contributed by atoms with Crippen LogP contribution in [0.2, 0.25) is 0 Å². The minimum atomic E-state index is 0.520. The van der Waals surface area contributed by atoms with Crippen molar-refractivity contribution in [3.05, 3.63) is 28.8 Å². The van der Waals surface area contributed by atoms with Gasteiger partial charge in [0.1, 0.15) is 5.75 Å². The first-order valence-corrected chi connectivity index (χ1v) is 7.01. The lowest BCUT2D eigenvalue weighted by Gasteiger charge is -2.21. The molecule has 2 aliphatic rings. The second-order valence-electron chi connectivity index (χ2n) is 5.42. The predicted octanol–water partition coefficient (Wildman–Crippen LogP) is 4.39. The van der Waals surface area contributed by atoms with Crippen molar-refractivity contribution in [2.75, 3.05) is 0 Å². The first-order chi connectivity index (χ1) is 8.20. The molecule has 2 aliphatic carbocycles. The molecule has 94 valence electrons. The third-order valence-corrected chi connectivity index (χ3v) is 4.41. The summed E-state index contributed by atoms with van der Waals surface area (Å²) in [5, 5.41) is 9.90. The topological polar surface area (TPSA) is 20.2 Å². The molecule has 1 nitrogen and oxygen atoms in total. The summed E-state index contributed by atoms with van der Waals surface area (Å²) in [6.07, 6.45) is 7.82. The van der Waals surface area contributed by atoms with Crippen molar-refractivity contribution in [1.29, 1.82) is 0 Å². The summed E-state index contributed by atoms with van der Waals surface area (Å²) in [7, 11) is 0. The molecular weight excluding hydrogens is 208 g/mol. The molecule has 0 amide bonds. The van der Waals surface area contributed by atoms with Gasteiger partial charge >= 0.3 is 0 Å². The number of benzene rings is 1. The average molecular weight is 232 g/mol. The Hall–Kier alpha value is -0.980. The SMILES string of the molecule is CC.Cc1ccc(O)c2c1CC1(CCCC1)C2. The number of rotatable bonds is 0. The monoisotopic (exact) mass is 232 g/mol. The fourth-order valence-corrected chi connectivity index (χ4v) is 3.53. The maximum Gasteiger partial charge on any atom is 0.119 e. The number of hydrogen-bond acceptors (Lipinski definition) is 1. The van der Waals surface area contributed by atoms with E-state index in [1.807, 2.05) is 19.9 Å². The summed E-state index contributed by atoms with van der Waals surface area (Å²) in [4.78, 5) is 0. The maximum atomic E-state index is 9.90. The van der Waals surface area contributed by atoms with Crippen LogP contribution in [-0.2, 0) is 12.8 Å². The molecule has 0 aliphatic heterocycles. The van der Waals surface area contributed by atoms with Gasteiger partial charge in [-0.05, 0) is 60.8 Å². The molecule has 0 radical (unpaired) electrons. The van der Waals surface area contributed by atoms with E-state index in [9.17, 15) is 5.11 Å². The van der Waals surface area contributed by atoms with Crippen molar-refractivity contribution in [2.45, 2.75) is 59.3 Å². The second kappa shape index (κ2) is 4.72. The van der Waals surface area contributed by atoms with E-state index in [2.05, 4.69) is 13.0 Å². The van der Waals surface area contributed by atoms with Gasteiger partial charge in [-0.15, -0.1) is 0 Å². The lowest BCUT2D eigenvalue weighted by Crippen LogP contribution is -2.15. The van der Waals surface area contributed by atoms with Crippen molar-refractivity contribution >= 4 is 0 Å². The van der Waals surface area contributed by atoms with Gasteiger partial charge in [0, 0.05) is 0 Å². The molecule has 0 bridgehead atoms. The summed E-state index contributed by atoms with van der Waals surface area (Å²) in [5.74, 6) is 0.527. The highest BCUT2D eigenvalue weighted by Gasteiger charge is 2.40. The predicted molar refractivity (Wildman–Crippen MR) is 72.5 cm³/mol. The molecule has 0 heterocycles. The van der Waals surface area contributed by atoms with Crippen LogP contribution in [0.1, 0.15) is 56.2 Å². The summed E-state index contributed by atoms with van der Waals surface area (Å²) in [6.45, 7) is 6.17. The van der Waals surface area contributed by atoms with Crippen LogP contribution in [0.3, 0.4) is 0 Å². The average Bonchev–Trinajstić information content (AvgIpc) is 2.96. The number of aryl methyl sites for hydroxylation is 1. The highest BCUT2D eigenvalue weighted by atomic mass is 16.3. The molecule has 1 N–H and O–H groups in total. The summed E-state index contributed by atoms with van der Waals surface area (Å²) in [6, 6.07) is 3.92. The molecule has 1 fully saturated rings. The van der Waals surface area contributed by atoms with Crippen molar-refractivity contribution in [2.24, 2.45) is 5.41 Å². The van der Waals surface area contributed by atoms with E-state index in [0.717, 1.165) is 6.42 Å². The smallest absolute Gasteiger partial charge is 0.119 e. The van der Waals surface area contributed by atoms with Crippen molar-refractivity contribution in [3.8, 4) is 5.75 Å². The number of fused-ring (bicyclic) bond motifs is 1. The first kappa shape index (κ1) is 12.5. The fourth-order valence-electron chi connectivity index (χ4n) is 3.53. The van der Waals surface area contributed by atoms with Crippen LogP contribution in [0.25, 0.3) is 0 Å². The first-order valence-electron chi connectivity index (χ1n) is 7.01. The Morgan fingerprint density at radius 1 is 1.00 bits per heavy atom.